The zero-order valence-electron chi connectivity index (χ0n) is 14.9. The summed E-state index contributed by atoms with van der Waals surface area (Å²) in [7, 11) is 0. The van der Waals surface area contributed by atoms with Gasteiger partial charge in [-0.15, -0.1) is 0 Å². The lowest BCUT2D eigenvalue weighted by Crippen LogP contribution is -2.30. The minimum Gasteiger partial charge on any atom is -0.350 e. The van der Waals surface area contributed by atoms with Crippen LogP contribution in [0.1, 0.15) is 31.0 Å². The molecule has 1 aromatic carbocycles. The first-order chi connectivity index (χ1) is 13.2. The van der Waals surface area contributed by atoms with Crippen molar-refractivity contribution in [2.24, 2.45) is 0 Å². The highest BCUT2D eigenvalue weighted by Gasteiger charge is 2.34. The van der Waals surface area contributed by atoms with E-state index in [1.807, 2.05) is 13.8 Å². The Balaban J connectivity index is 2.10. The first-order valence-electron chi connectivity index (χ1n) is 8.41. The fourth-order valence-corrected chi connectivity index (χ4v) is 3.58. The SMILES string of the molecule is CCC(C)NC(=O)C=Cc1c(-c2ccccc2Cl)nc2sc(C(F)(F)Cl)nn12. The number of aromatic nitrogens is 3. The van der Waals surface area contributed by atoms with Crippen molar-refractivity contribution in [3.05, 3.63) is 46.1 Å². The molecular formula is C18H16Cl2F2N4OS. The van der Waals surface area contributed by atoms with E-state index in [4.69, 9.17) is 23.2 Å². The molecule has 0 spiro atoms. The summed E-state index contributed by atoms with van der Waals surface area (Å²) < 4.78 is 28.1. The normalized spacial score (nSPS) is 13.4. The van der Waals surface area contributed by atoms with Crippen molar-refractivity contribution in [1.29, 1.82) is 0 Å². The van der Waals surface area contributed by atoms with Crippen molar-refractivity contribution in [2.45, 2.75) is 31.7 Å². The molecule has 2 aromatic heterocycles. The molecule has 1 amide bonds. The molecule has 0 aliphatic carbocycles. The third kappa shape index (κ3) is 4.34. The number of imidazole rings is 1. The number of nitrogens with one attached hydrogen (secondary N) is 1. The number of hydrogen-bond donors (Lipinski definition) is 1. The van der Waals surface area contributed by atoms with Gasteiger partial charge in [-0.25, -0.2) is 9.50 Å². The Morgan fingerprint density at radius 1 is 1.43 bits per heavy atom. The van der Waals surface area contributed by atoms with E-state index in [2.05, 4.69) is 15.4 Å². The number of rotatable bonds is 6. The molecule has 1 N–H and O–H groups in total. The Morgan fingerprint density at radius 2 is 2.14 bits per heavy atom. The van der Waals surface area contributed by atoms with Crippen LogP contribution in [0, 0.1) is 0 Å². The van der Waals surface area contributed by atoms with E-state index in [1.54, 1.807) is 24.3 Å². The number of alkyl halides is 3. The van der Waals surface area contributed by atoms with Gasteiger partial charge in [0.2, 0.25) is 15.9 Å². The van der Waals surface area contributed by atoms with Crippen LogP contribution in [0.5, 0.6) is 0 Å². The molecule has 28 heavy (non-hydrogen) atoms. The summed E-state index contributed by atoms with van der Waals surface area (Å²) in [4.78, 5) is 16.7. The second kappa shape index (κ2) is 8.14. The van der Waals surface area contributed by atoms with Crippen molar-refractivity contribution < 1.29 is 13.6 Å². The molecule has 1 unspecified atom stereocenters. The van der Waals surface area contributed by atoms with E-state index >= 15 is 0 Å². The van der Waals surface area contributed by atoms with Crippen molar-refractivity contribution in [3.8, 4) is 11.3 Å². The average Bonchev–Trinajstić information content (AvgIpc) is 3.18. The van der Waals surface area contributed by atoms with Crippen LogP contribution >= 0.6 is 34.5 Å². The Labute approximate surface area is 174 Å². The lowest BCUT2D eigenvalue weighted by Gasteiger charge is -2.08. The maximum atomic E-state index is 13.5. The summed E-state index contributed by atoms with van der Waals surface area (Å²) in [5.41, 5.74) is 1.38. The highest BCUT2D eigenvalue weighted by molar-refractivity contribution is 7.17. The minimum atomic E-state index is -3.61. The van der Waals surface area contributed by atoms with E-state index in [-0.39, 0.29) is 16.9 Å². The Kier molecular flexibility index (Phi) is 6.02. The lowest BCUT2D eigenvalue weighted by molar-refractivity contribution is -0.117. The van der Waals surface area contributed by atoms with Gasteiger partial charge < -0.3 is 5.32 Å². The van der Waals surface area contributed by atoms with E-state index in [9.17, 15) is 13.6 Å². The highest BCUT2D eigenvalue weighted by Crippen LogP contribution is 2.38. The Hall–Kier alpha value is -2.03. The molecule has 5 nitrogen and oxygen atoms in total. The van der Waals surface area contributed by atoms with Gasteiger partial charge in [-0.2, -0.15) is 13.9 Å². The topological polar surface area (TPSA) is 59.3 Å². The maximum Gasteiger partial charge on any atom is 0.375 e. The molecule has 1 atom stereocenters. The van der Waals surface area contributed by atoms with Gasteiger partial charge in [0.1, 0.15) is 5.69 Å². The average molecular weight is 445 g/mol. The molecule has 0 saturated heterocycles. The van der Waals surface area contributed by atoms with E-state index in [0.29, 0.717) is 33.3 Å². The predicted molar refractivity (Wildman–Crippen MR) is 108 cm³/mol. The maximum absolute atomic E-state index is 13.5. The zero-order valence-corrected chi connectivity index (χ0v) is 17.2. The lowest BCUT2D eigenvalue weighted by atomic mass is 10.1. The van der Waals surface area contributed by atoms with Gasteiger partial charge in [-0.05, 0) is 37.1 Å². The van der Waals surface area contributed by atoms with Gasteiger partial charge in [0, 0.05) is 17.7 Å². The molecule has 0 bridgehead atoms. The molecule has 0 aliphatic rings. The van der Waals surface area contributed by atoms with Gasteiger partial charge in [-0.1, -0.05) is 48.1 Å². The van der Waals surface area contributed by atoms with E-state index < -0.39 is 10.4 Å². The van der Waals surface area contributed by atoms with Crippen LogP contribution < -0.4 is 5.32 Å². The second-order valence-electron chi connectivity index (χ2n) is 6.08. The number of halogens is 4. The minimum absolute atomic E-state index is 0.00598. The van der Waals surface area contributed by atoms with Crippen molar-refractivity contribution in [2.75, 3.05) is 0 Å². The number of amides is 1. The van der Waals surface area contributed by atoms with Gasteiger partial charge in [0.25, 0.3) is 0 Å². The Bertz CT molecular complexity index is 1040. The number of carbonyl (C=O) groups is 1. The van der Waals surface area contributed by atoms with Crippen LogP contribution in [0.25, 0.3) is 22.3 Å². The third-order valence-corrected chi connectivity index (χ3v) is 5.60. The summed E-state index contributed by atoms with van der Waals surface area (Å²) in [6.45, 7) is 3.83. The summed E-state index contributed by atoms with van der Waals surface area (Å²) in [5.74, 6) is -0.312. The standard InChI is InChI=1S/C18H16Cl2F2N4OS/c1-3-10(2)23-14(27)9-8-13-15(11-6-4-5-7-12(11)19)24-17-26(13)25-16(28-17)18(20,21)22/h4-10H,3H2,1-2H3,(H,23,27). The van der Waals surface area contributed by atoms with Gasteiger partial charge >= 0.3 is 5.38 Å². The summed E-state index contributed by atoms with van der Waals surface area (Å²) in [5, 5.41) is 2.93. The van der Waals surface area contributed by atoms with Gasteiger partial charge in [0.05, 0.1) is 10.7 Å². The van der Waals surface area contributed by atoms with Gasteiger partial charge in [0.15, 0.2) is 0 Å². The first kappa shape index (κ1) is 20.7. The molecule has 3 rings (SSSR count). The number of benzene rings is 1. The molecule has 0 radical (unpaired) electrons. The molecule has 148 valence electrons. The van der Waals surface area contributed by atoms with Crippen LogP contribution in [0.2, 0.25) is 5.02 Å². The zero-order chi connectivity index (χ0) is 20.5. The predicted octanol–water partition coefficient (Wildman–Crippen LogP) is 5.33. The van der Waals surface area contributed by atoms with Crippen LogP contribution in [-0.2, 0) is 10.2 Å². The molecule has 3 aromatic rings. The van der Waals surface area contributed by atoms with Crippen LogP contribution in [0.4, 0.5) is 8.78 Å². The van der Waals surface area contributed by atoms with Crippen molar-refractivity contribution >= 4 is 51.5 Å². The molecule has 0 aliphatic heterocycles. The number of hydrogen-bond acceptors (Lipinski definition) is 4. The number of fused-ring (bicyclic) bond motifs is 1. The third-order valence-electron chi connectivity index (χ3n) is 4.00. The molecule has 0 fully saturated rings. The highest BCUT2D eigenvalue weighted by atomic mass is 35.5. The van der Waals surface area contributed by atoms with Crippen molar-refractivity contribution in [3.63, 3.8) is 0 Å². The fourth-order valence-electron chi connectivity index (χ4n) is 2.43. The van der Waals surface area contributed by atoms with E-state index in [1.165, 1.54) is 16.7 Å². The van der Waals surface area contributed by atoms with Crippen molar-refractivity contribution in [1.82, 2.24) is 19.9 Å². The second-order valence-corrected chi connectivity index (χ2v) is 7.91. The molecule has 0 saturated carbocycles. The summed E-state index contributed by atoms with van der Waals surface area (Å²) >= 11 is 12.0. The van der Waals surface area contributed by atoms with Crippen LogP contribution in [-0.4, -0.2) is 26.5 Å². The molecular weight excluding hydrogens is 429 g/mol. The monoisotopic (exact) mass is 444 g/mol. The fraction of sp³-hybridized carbons (Fsp3) is 0.278. The Morgan fingerprint density at radius 3 is 2.79 bits per heavy atom. The summed E-state index contributed by atoms with van der Waals surface area (Å²) in [6.07, 6.45) is 3.57. The largest absolute Gasteiger partial charge is 0.375 e. The first-order valence-corrected chi connectivity index (χ1v) is 9.98. The van der Waals surface area contributed by atoms with Crippen LogP contribution in [0.15, 0.2) is 30.3 Å². The smallest absolute Gasteiger partial charge is 0.350 e. The van der Waals surface area contributed by atoms with E-state index in [0.717, 1.165) is 6.42 Å². The molecule has 10 heteroatoms. The summed E-state index contributed by atoms with van der Waals surface area (Å²) in [6, 6.07) is 7.00. The van der Waals surface area contributed by atoms with Gasteiger partial charge in [-0.3, -0.25) is 4.79 Å². The van der Waals surface area contributed by atoms with Crippen LogP contribution in [0.3, 0.4) is 0 Å². The molecule has 2 heterocycles. The number of nitrogens with zero attached hydrogens (tertiary/aromatic N) is 3. The number of carbonyl (C=O) groups excluding carboxylic acids is 1. The quantitative estimate of drug-likeness (QED) is 0.412.